The lowest BCUT2D eigenvalue weighted by Gasteiger charge is -2.14. The van der Waals surface area contributed by atoms with Crippen LogP contribution in [0.4, 0.5) is 5.69 Å². The van der Waals surface area contributed by atoms with Crippen LogP contribution < -0.4 is 4.74 Å². The van der Waals surface area contributed by atoms with Gasteiger partial charge in [-0.05, 0) is 61.2 Å². The highest BCUT2D eigenvalue weighted by Gasteiger charge is 2.13. The second kappa shape index (κ2) is 8.18. The smallest absolute Gasteiger partial charge is 0.303 e. The minimum Gasteiger partial charge on any atom is -0.489 e. The molecule has 0 aliphatic rings. The van der Waals surface area contributed by atoms with E-state index in [0.29, 0.717) is 18.7 Å². The van der Waals surface area contributed by atoms with Crippen LogP contribution in [0.2, 0.25) is 0 Å². The minimum atomic E-state index is -0.800. The summed E-state index contributed by atoms with van der Waals surface area (Å²) in [6.07, 6.45) is 1.40. The van der Waals surface area contributed by atoms with Crippen molar-refractivity contribution in [3.63, 3.8) is 0 Å². The molecule has 5 heteroatoms. The molecule has 0 bridgehead atoms. The van der Waals surface area contributed by atoms with Crippen molar-refractivity contribution < 1.29 is 19.1 Å². The van der Waals surface area contributed by atoms with Crippen LogP contribution in [0.25, 0.3) is 15.8 Å². The Kier molecular flexibility index (Phi) is 5.70. The number of benzene rings is 2. The van der Waals surface area contributed by atoms with Gasteiger partial charge in [-0.3, -0.25) is 4.79 Å². The topological polar surface area (TPSA) is 64.0 Å². The van der Waals surface area contributed by atoms with Crippen molar-refractivity contribution in [3.05, 3.63) is 69.8 Å². The molecule has 2 aromatic carbocycles. The zero-order chi connectivity index (χ0) is 20.3. The molecule has 0 aliphatic carbocycles. The summed E-state index contributed by atoms with van der Waals surface area (Å²) in [7, 11) is 0. The van der Waals surface area contributed by atoms with Crippen LogP contribution in [0.1, 0.15) is 41.4 Å². The Bertz CT molecular complexity index is 1070. The number of hydrogen-bond donors (Lipinski definition) is 1. The van der Waals surface area contributed by atoms with E-state index in [4.69, 9.17) is 20.8 Å². The van der Waals surface area contributed by atoms with E-state index < -0.39 is 5.97 Å². The van der Waals surface area contributed by atoms with Crippen molar-refractivity contribution in [1.82, 2.24) is 0 Å². The molecule has 0 aliphatic heterocycles. The number of carboxylic acids is 1. The molecule has 0 unspecified atom stereocenters. The maximum absolute atomic E-state index is 10.8. The zero-order valence-electron chi connectivity index (χ0n) is 16.3. The van der Waals surface area contributed by atoms with E-state index in [1.165, 1.54) is 0 Å². The third-order valence-electron chi connectivity index (χ3n) is 5.05. The number of aliphatic carboxylic acids is 1. The van der Waals surface area contributed by atoms with Crippen molar-refractivity contribution >= 4 is 22.6 Å². The molecule has 0 amide bonds. The molecule has 144 valence electrons. The molecule has 28 heavy (non-hydrogen) atoms. The molecule has 3 rings (SSSR count). The van der Waals surface area contributed by atoms with Crippen LogP contribution in [0.5, 0.6) is 5.75 Å². The molecule has 0 radical (unpaired) electrons. The third kappa shape index (κ3) is 4.01. The average molecular weight is 377 g/mol. The van der Waals surface area contributed by atoms with Crippen LogP contribution in [0.3, 0.4) is 0 Å². The first-order chi connectivity index (χ1) is 13.4. The Balaban J connectivity index is 1.86. The molecule has 0 spiro atoms. The van der Waals surface area contributed by atoms with Crippen molar-refractivity contribution in [3.8, 4) is 5.75 Å². The number of carbonyl (C=O) groups is 1. The number of nitrogens with zero attached hydrogens (tertiary/aromatic N) is 1. The standard InChI is InChI=1S/C23H23NO4/c1-5-20-12-17-10-19(24-4)11-18(23(17)28-20)13-27-21-8-6-16(7-9-22(25)26)14(2)15(21)3/h6,8,10-12H,5,7,9,13H2,1-3H3,(H,25,26). The van der Waals surface area contributed by atoms with Gasteiger partial charge in [0.25, 0.3) is 0 Å². The summed E-state index contributed by atoms with van der Waals surface area (Å²) >= 11 is 0. The van der Waals surface area contributed by atoms with Gasteiger partial charge in [0.1, 0.15) is 23.7 Å². The monoisotopic (exact) mass is 377 g/mol. The van der Waals surface area contributed by atoms with Gasteiger partial charge < -0.3 is 14.3 Å². The molecule has 1 aromatic heterocycles. The summed E-state index contributed by atoms with van der Waals surface area (Å²) in [4.78, 5) is 14.4. The van der Waals surface area contributed by atoms with Gasteiger partial charge in [0.15, 0.2) is 5.69 Å². The molecule has 1 heterocycles. The number of hydrogen-bond acceptors (Lipinski definition) is 3. The summed E-state index contributed by atoms with van der Waals surface area (Å²) in [5, 5.41) is 9.81. The van der Waals surface area contributed by atoms with E-state index in [-0.39, 0.29) is 6.42 Å². The van der Waals surface area contributed by atoms with E-state index in [1.54, 1.807) is 0 Å². The van der Waals surface area contributed by atoms with E-state index in [1.807, 2.05) is 51.1 Å². The fraction of sp³-hybridized carbons (Fsp3) is 0.304. The summed E-state index contributed by atoms with van der Waals surface area (Å²) in [6.45, 7) is 13.6. The Labute approximate surface area is 164 Å². The first-order valence-electron chi connectivity index (χ1n) is 9.29. The quantitative estimate of drug-likeness (QED) is 0.532. The Morgan fingerprint density at radius 2 is 1.96 bits per heavy atom. The van der Waals surface area contributed by atoms with Gasteiger partial charge in [0.05, 0.1) is 6.57 Å². The van der Waals surface area contributed by atoms with Gasteiger partial charge in [-0.2, -0.15) is 0 Å². The van der Waals surface area contributed by atoms with Gasteiger partial charge in [-0.1, -0.05) is 13.0 Å². The van der Waals surface area contributed by atoms with E-state index in [0.717, 1.165) is 51.2 Å². The molecule has 0 atom stereocenters. The second-order valence-electron chi connectivity index (χ2n) is 6.86. The first-order valence-corrected chi connectivity index (χ1v) is 9.29. The molecule has 3 aromatic rings. The SMILES string of the molecule is [C-]#[N+]c1cc(COc2ccc(CCC(=O)O)c(C)c2C)c2oc(CC)cc2c1. The number of aryl methyl sites for hydroxylation is 2. The number of ether oxygens (including phenoxy) is 1. The number of fused-ring (bicyclic) bond motifs is 1. The lowest BCUT2D eigenvalue weighted by molar-refractivity contribution is -0.136. The van der Waals surface area contributed by atoms with E-state index in [2.05, 4.69) is 4.85 Å². The summed E-state index contributed by atoms with van der Waals surface area (Å²) in [6, 6.07) is 9.42. The molecule has 1 N–H and O–H groups in total. The predicted molar refractivity (Wildman–Crippen MR) is 108 cm³/mol. The fourth-order valence-electron chi connectivity index (χ4n) is 3.28. The van der Waals surface area contributed by atoms with Crippen molar-refractivity contribution in [1.29, 1.82) is 0 Å². The number of carboxylic acid groups (broad SMARTS) is 1. The predicted octanol–water partition coefficient (Wildman–Crippen LogP) is 5.76. The van der Waals surface area contributed by atoms with Crippen LogP contribution in [-0.4, -0.2) is 11.1 Å². The molecule has 0 saturated heterocycles. The van der Waals surface area contributed by atoms with Gasteiger partial charge >= 0.3 is 5.97 Å². The Morgan fingerprint density at radius 3 is 2.64 bits per heavy atom. The highest BCUT2D eigenvalue weighted by Crippen LogP contribution is 2.31. The van der Waals surface area contributed by atoms with Crippen LogP contribution in [0, 0.1) is 20.4 Å². The number of furan rings is 1. The third-order valence-corrected chi connectivity index (χ3v) is 5.05. The van der Waals surface area contributed by atoms with Crippen molar-refractivity contribution in [2.75, 3.05) is 0 Å². The lowest BCUT2D eigenvalue weighted by atomic mass is 9.99. The van der Waals surface area contributed by atoms with Gasteiger partial charge in [-0.15, -0.1) is 0 Å². The van der Waals surface area contributed by atoms with Crippen LogP contribution >= 0.6 is 0 Å². The Hall–Kier alpha value is -3.26. The van der Waals surface area contributed by atoms with Crippen LogP contribution in [-0.2, 0) is 24.2 Å². The zero-order valence-corrected chi connectivity index (χ0v) is 16.3. The summed E-state index contributed by atoms with van der Waals surface area (Å²) < 4.78 is 12.0. The molecular formula is C23H23NO4. The van der Waals surface area contributed by atoms with Gasteiger partial charge in [0.2, 0.25) is 0 Å². The lowest BCUT2D eigenvalue weighted by Crippen LogP contribution is -2.03. The maximum atomic E-state index is 10.8. The average Bonchev–Trinajstić information content (AvgIpc) is 3.11. The van der Waals surface area contributed by atoms with E-state index >= 15 is 0 Å². The number of rotatable bonds is 7. The molecule has 0 saturated carbocycles. The molecular weight excluding hydrogens is 354 g/mol. The summed E-state index contributed by atoms with van der Waals surface area (Å²) in [5.74, 6) is 0.833. The van der Waals surface area contributed by atoms with Gasteiger partial charge in [-0.25, -0.2) is 4.85 Å². The first kappa shape index (κ1) is 19.5. The second-order valence-corrected chi connectivity index (χ2v) is 6.86. The highest BCUT2D eigenvalue weighted by molar-refractivity contribution is 5.85. The van der Waals surface area contributed by atoms with Crippen LogP contribution in [0.15, 0.2) is 34.7 Å². The van der Waals surface area contributed by atoms with Crippen molar-refractivity contribution in [2.24, 2.45) is 0 Å². The summed E-state index contributed by atoms with van der Waals surface area (Å²) in [5.41, 5.74) is 5.22. The normalized spacial score (nSPS) is 10.8. The fourth-order valence-corrected chi connectivity index (χ4v) is 3.28. The van der Waals surface area contributed by atoms with Gasteiger partial charge in [0, 0.05) is 23.8 Å². The van der Waals surface area contributed by atoms with Crippen molar-refractivity contribution in [2.45, 2.75) is 46.6 Å². The largest absolute Gasteiger partial charge is 0.489 e. The minimum absolute atomic E-state index is 0.111. The highest BCUT2D eigenvalue weighted by atomic mass is 16.5. The molecule has 0 fully saturated rings. The molecule has 5 nitrogen and oxygen atoms in total. The maximum Gasteiger partial charge on any atom is 0.303 e. The Morgan fingerprint density at radius 1 is 1.18 bits per heavy atom. The van der Waals surface area contributed by atoms with E-state index in [9.17, 15) is 4.79 Å².